The molecule has 96 valence electrons. The van der Waals surface area contributed by atoms with Crippen LogP contribution >= 0.6 is 0 Å². The molecule has 0 radical (unpaired) electrons. The molecule has 19 heavy (non-hydrogen) atoms. The van der Waals surface area contributed by atoms with E-state index in [1.807, 2.05) is 30.1 Å². The lowest BCUT2D eigenvalue weighted by atomic mass is 10.1. The average Bonchev–Trinajstić information content (AvgIpc) is 2.39. The van der Waals surface area contributed by atoms with E-state index in [-0.39, 0.29) is 5.82 Å². The first-order chi connectivity index (χ1) is 9.10. The molecule has 0 saturated carbocycles. The van der Waals surface area contributed by atoms with Gasteiger partial charge >= 0.3 is 0 Å². The van der Waals surface area contributed by atoms with E-state index in [1.54, 1.807) is 6.07 Å². The molecule has 0 saturated heterocycles. The highest BCUT2D eigenvalue weighted by atomic mass is 19.1. The molecule has 2 aromatic carbocycles. The van der Waals surface area contributed by atoms with Gasteiger partial charge in [0.25, 0.3) is 0 Å². The summed E-state index contributed by atoms with van der Waals surface area (Å²) < 4.78 is 13.3. The molecule has 3 nitrogen and oxygen atoms in total. The predicted octanol–water partition coefficient (Wildman–Crippen LogP) is 2.92. The van der Waals surface area contributed by atoms with Gasteiger partial charge in [-0.2, -0.15) is 5.26 Å². The van der Waals surface area contributed by atoms with Crippen LogP contribution in [0.25, 0.3) is 0 Å². The molecule has 0 atom stereocenters. The lowest BCUT2D eigenvalue weighted by Gasteiger charge is -2.20. The third-order valence-corrected chi connectivity index (χ3v) is 2.91. The summed E-state index contributed by atoms with van der Waals surface area (Å²) >= 11 is 0. The summed E-state index contributed by atoms with van der Waals surface area (Å²) in [6.45, 7) is 0.449. The Morgan fingerprint density at radius 2 is 2.05 bits per heavy atom. The molecule has 2 rings (SSSR count). The van der Waals surface area contributed by atoms with Gasteiger partial charge in [-0.05, 0) is 42.0 Å². The van der Waals surface area contributed by atoms with E-state index >= 15 is 0 Å². The number of halogens is 1. The minimum absolute atomic E-state index is 0.338. The Hall–Kier alpha value is -2.54. The van der Waals surface area contributed by atoms with Crippen molar-refractivity contribution < 1.29 is 4.39 Å². The van der Waals surface area contributed by atoms with Gasteiger partial charge in [0, 0.05) is 25.0 Å². The number of nitrogen functional groups attached to an aromatic ring is 1. The number of anilines is 2. The lowest BCUT2D eigenvalue weighted by Crippen LogP contribution is -2.17. The van der Waals surface area contributed by atoms with Crippen molar-refractivity contribution in [3.63, 3.8) is 0 Å². The standard InChI is InChI=1S/C15H14FN3/c1-19(15-4-2-3-14(18)8-15)10-12-7-13(16)6-5-11(12)9-17/h2-8H,10,18H2,1H3. The van der Waals surface area contributed by atoms with Crippen LogP contribution in [0.15, 0.2) is 42.5 Å². The van der Waals surface area contributed by atoms with Gasteiger partial charge in [0.05, 0.1) is 11.6 Å². The van der Waals surface area contributed by atoms with Gasteiger partial charge in [-0.25, -0.2) is 4.39 Å². The molecule has 0 spiro atoms. The molecular weight excluding hydrogens is 241 g/mol. The second kappa shape index (κ2) is 5.40. The Balaban J connectivity index is 2.26. The Kier molecular flexibility index (Phi) is 3.67. The number of benzene rings is 2. The van der Waals surface area contributed by atoms with Gasteiger partial charge in [-0.15, -0.1) is 0 Å². The van der Waals surface area contributed by atoms with Crippen molar-refractivity contribution in [3.8, 4) is 6.07 Å². The number of nitrogens with two attached hydrogens (primary N) is 1. The Bertz CT molecular complexity index is 632. The number of nitriles is 1. The van der Waals surface area contributed by atoms with E-state index in [1.165, 1.54) is 18.2 Å². The van der Waals surface area contributed by atoms with Crippen LogP contribution in [0.4, 0.5) is 15.8 Å². The second-order valence-corrected chi connectivity index (χ2v) is 4.36. The maximum absolute atomic E-state index is 13.3. The maximum atomic E-state index is 13.3. The molecule has 0 aliphatic heterocycles. The molecule has 2 aromatic rings. The summed E-state index contributed by atoms with van der Waals surface area (Å²) in [4.78, 5) is 1.92. The summed E-state index contributed by atoms with van der Waals surface area (Å²) in [6.07, 6.45) is 0. The largest absolute Gasteiger partial charge is 0.399 e. The summed E-state index contributed by atoms with van der Waals surface area (Å²) in [5, 5.41) is 9.03. The minimum Gasteiger partial charge on any atom is -0.399 e. The molecular formula is C15H14FN3. The monoisotopic (exact) mass is 255 g/mol. The van der Waals surface area contributed by atoms with E-state index in [9.17, 15) is 4.39 Å². The molecule has 0 aromatic heterocycles. The third-order valence-electron chi connectivity index (χ3n) is 2.91. The third kappa shape index (κ3) is 3.02. The fourth-order valence-electron chi connectivity index (χ4n) is 1.91. The zero-order valence-electron chi connectivity index (χ0n) is 10.6. The smallest absolute Gasteiger partial charge is 0.123 e. The molecule has 0 fully saturated rings. The Morgan fingerprint density at radius 1 is 1.26 bits per heavy atom. The fraction of sp³-hybridized carbons (Fsp3) is 0.133. The van der Waals surface area contributed by atoms with Crippen LogP contribution in [-0.4, -0.2) is 7.05 Å². The highest BCUT2D eigenvalue weighted by molar-refractivity contribution is 5.56. The van der Waals surface area contributed by atoms with Gasteiger partial charge < -0.3 is 10.6 Å². The first-order valence-electron chi connectivity index (χ1n) is 5.85. The topological polar surface area (TPSA) is 53.0 Å². The van der Waals surface area contributed by atoms with Gasteiger partial charge in [0.1, 0.15) is 5.82 Å². The van der Waals surface area contributed by atoms with Crippen LogP contribution < -0.4 is 10.6 Å². The first kappa shape index (κ1) is 12.9. The summed E-state index contributed by atoms with van der Waals surface area (Å²) in [7, 11) is 1.88. The number of rotatable bonds is 3. The van der Waals surface area contributed by atoms with E-state index in [2.05, 4.69) is 6.07 Å². The molecule has 0 unspecified atom stereocenters. The van der Waals surface area contributed by atoms with Crippen molar-refractivity contribution in [1.29, 1.82) is 5.26 Å². The van der Waals surface area contributed by atoms with Crippen LogP contribution in [0.3, 0.4) is 0 Å². The van der Waals surface area contributed by atoms with Crippen molar-refractivity contribution in [1.82, 2.24) is 0 Å². The SMILES string of the molecule is CN(Cc1cc(F)ccc1C#N)c1cccc(N)c1. The quantitative estimate of drug-likeness (QED) is 0.858. The summed E-state index contributed by atoms with van der Waals surface area (Å²) in [5.74, 6) is -0.338. The highest BCUT2D eigenvalue weighted by Gasteiger charge is 2.08. The normalized spacial score (nSPS) is 9.95. The zero-order valence-corrected chi connectivity index (χ0v) is 10.6. The summed E-state index contributed by atoms with van der Waals surface area (Å²) in [5.41, 5.74) is 8.47. The molecule has 2 N–H and O–H groups in total. The first-order valence-corrected chi connectivity index (χ1v) is 5.85. The van der Waals surface area contributed by atoms with Gasteiger partial charge in [0.15, 0.2) is 0 Å². The minimum atomic E-state index is -0.338. The van der Waals surface area contributed by atoms with Crippen molar-refractivity contribution in [2.45, 2.75) is 6.54 Å². The molecule has 0 bridgehead atoms. The van der Waals surface area contributed by atoms with Crippen molar-refractivity contribution in [2.75, 3.05) is 17.7 Å². The van der Waals surface area contributed by atoms with E-state index in [0.29, 0.717) is 23.4 Å². The molecule has 0 aliphatic carbocycles. The predicted molar refractivity (Wildman–Crippen MR) is 74.1 cm³/mol. The van der Waals surface area contributed by atoms with E-state index < -0.39 is 0 Å². The van der Waals surface area contributed by atoms with Gasteiger partial charge in [0.2, 0.25) is 0 Å². The molecule has 4 heteroatoms. The summed E-state index contributed by atoms with van der Waals surface area (Å²) in [6, 6.07) is 13.7. The van der Waals surface area contributed by atoms with Gasteiger partial charge in [-0.1, -0.05) is 6.07 Å². The fourth-order valence-corrected chi connectivity index (χ4v) is 1.91. The lowest BCUT2D eigenvalue weighted by molar-refractivity contribution is 0.625. The van der Waals surface area contributed by atoms with Crippen molar-refractivity contribution in [2.24, 2.45) is 0 Å². The van der Waals surface area contributed by atoms with Crippen LogP contribution in [0.1, 0.15) is 11.1 Å². The number of nitrogens with zero attached hydrogens (tertiary/aromatic N) is 2. The Morgan fingerprint density at radius 3 is 2.74 bits per heavy atom. The average molecular weight is 255 g/mol. The molecule has 0 amide bonds. The number of hydrogen-bond donors (Lipinski definition) is 1. The van der Waals surface area contributed by atoms with Crippen molar-refractivity contribution in [3.05, 3.63) is 59.4 Å². The Labute approximate surface area is 111 Å². The van der Waals surface area contributed by atoms with Crippen molar-refractivity contribution >= 4 is 11.4 Å². The highest BCUT2D eigenvalue weighted by Crippen LogP contribution is 2.20. The van der Waals surface area contributed by atoms with Crippen LogP contribution in [0.5, 0.6) is 0 Å². The maximum Gasteiger partial charge on any atom is 0.123 e. The van der Waals surface area contributed by atoms with Crippen LogP contribution in [0, 0.1) is 17.1 Å². The molecule has 0 aliphatic rings. The van der Waals surface area contributed by atoms with Gasteiger partial charge in [-0.3, -0.25) is 0 Å². The zero-order chi connectivity index (χ0) is 13.8. The van der Waals surface area contributed by atoms with Crippen LogP contribution in [-0.2, 0) is 6.54 Å². The van der Waals surface area contributed by atoms with Crippen LogP contribution in [0.2, 0.25) is 0 Å². The number of hydrogen-bond acceptors (Lipinski definition) is 3. The van der Waals surface area contributed by atoms with E-state index in [4.69, 9.17) is 11.0 Å². The van der Waals surface area contributed by atoms with E-state index in [0.717, 1.165) is 5.69 Å². The second-order valence-electron chi connectivity index (χ2n) is 4.36. The molecule has 0 heterocycles.